The molecule has 0 heterocycles. The second kappa shape index (κ2) is 4.56. The Hall–Kier alpha value is -1.88. The summed E-state index contributed by atoms with van der Waals surface area (Å²) in [6.07, 6.45) is -1.14. The first-order valence-electron chi connectivity index (χ1n) is 4.15. The molecule has 1 aromatic rings. The van der Waals surface area contributed by atoms with Gasteiger partial charge in [0.2, 0.25) is 0 Å². The molecule has 0 aliphatic carbocycles. The number of carbonyl (C=O) groups is 2. The SMILES string of the molecule is COC(C(=O)C(=O)O)c1ccc(O)cc1. The van der Waals surface area contributed by atoms with E-state index in [9.17, 15) is 9.59 Å². The highest BCUT2D eigenvalue weighted by atomic mass is 16.5. The van der Waals surface area contributed by atoms with Crippen molar-refractivity contribution < 1.29 is 24.5 Å². The van der Waals surface area contributed by atoms with E-state index in [-0.39, 0.29) is 5.75 Å². The molecule has 15 heavy (non-hydrogen) atoms. The molecule has 0 spiro atoms. The first-order chi connectivity index (χ1) is 7.06. The molecule has 0 aromatic heterocycles. The predicted molar refractivity (Wildman–Crippen MR) is 50.5 cm³/mol. The molecular weight excluding hydrogens is 200 g/mol. The Morgan fingerprint density at radius 3 is 2.20 bits per heavy atom. The molecule has 1 aromatic carbocycles. The largest absolute Gasteiger partial charge is 0.508 e. The molecule has 5 heteroatoms. The highest BCUT2D eigenvalue weighted by Gasteiger charge is 2.26. The topological polar surface area (TPSA) is 83.8 Å². The third kappa shape index (κ3) is 2.54. The Morgan fingerprint density at radius 2 is 1.80 bits per heavy atom. The monoisotopic (exact) mass is 210 g/mol. The number of methoxy groups -OCH3 is 1. The van der Waals surface area contributed by atoms with Gasteiger partial charge in [0.15, 0.2) is 6.10 Å². The van der Waals surface area contributed by atoms with E-state index in [1.165, 1.54) is 31.4 Å². The van der Waals surface area contributed by atoms with Gasteiger partial charge in [-0.05, 0) is 17.7 Å². The van der Waals surface area contributed by atoms with Crippen molar-refractivity contribution in [2.75, 3.05) is 7.11 Å². The summed E-state index contributed by atoms with van der Waals surface area (Å²) in [6, 6.07) is 5.58. The number of ether oxygens (including phenoxy) is 1. The number of phenolic OH excluding ortho intramolecular Hbond substituents is 1. The van der Waals surface area contributed by atoms with Gasteiger partial charge in [-0.25, -0.2) is 4.79 Å². The molecule has 1 atom stereocenters. The summed E-state index contributed by atoms with van der Waals surface area (Å²) in [6.45, 7) is 0. The van der Waals surface area contributed by atoms with Gasteiger partial charge in [-0.2, -0.15) is 0 Å². The van der Waals surface area contributed by atoms with Crippen LogP contribution in [0.25, 0.3) is 0 Å². The van der Waals surface area contributed by atoms with Crippen LogP contribution < -0.4 is 0 Å². The molecule has 0 saturated heterocycles. The van der Waals surface area contributed by atoms with Gasteiger partial charge in [-0.1, -0.05) is 12.1 Å². The Balaban J connectivity index is 2.97. The van der Waals surface area contributed by atoms with E-state index in [1.54, 1.807) is 0 Å². The van der Waals surface area contributed by atoms with Crippen LogP contribution in [0.2, 0.25) is 0 Å². The van der Waals surface area contributed by atoms with Crippen molar-refractivity contribution >= 4 is 11.8 Å². The first-order valence-corrected chi connectivity index (χ1v) is 4.15. The highest BCUT2D eigenvalue weighted by Crippen LogP contribution is 2.20. The minimum Gasteiger partial charge on any atom is -0.508 e. The Kier molecular flexibility index (Phi) is 3.41. The first kappa shape index (κ1) is 11.2. The summed E-state index contributed by atoms with van der Waals surface area (Å²) >= 11 is 0. The number of phenols is 1. The lowest BCUT2D eigenvalue weighted by molar-refractivity contribution is -0.154. The van der Waals surface area contributed by atoms with Crippen molar-refractivity contribution in [2.24, 2.45) is 0 Å². The number of Topliss-reactive ketones (excluding diaryl/α,β-unsaturated/α-hetero) is 1. The molecule has 0 aliphatic rings. The van der Waals surface area contributed by atoms with Crippen LogP contribution in [0.5, 0.6) is 5.75 Å². The van der Waals surface area contributed by atoms with Gasteiger partial charge in [0.05, 0.1) is 0 Å². The normalized spacial score (nSPS) is 12.1. The van der Waals surface area contributed by atoms with E-state index in [2.05, 4.69) is 0 Å². The molecule has 0 fully saturated rings. The molecule has 0 radical (unpaired) electrons. The maximum absolute atomic E-state index is 11.2. The van der Waals surface area contributed by atoms with Gasteiger partial charge in [0, 0.05) is 7.11 Å². The van der Waals surface area contributed by atoms with Crippen LogP contribution in [0, 0.1) is 0 Å². The van der Waals surface area contributed by atoms with E-state index < -0.39 is 17.9 Å². The smallest absolute Gasteiger partial charge is 0.375 e. The van der Waals surface area contributed by atoms with Gasteiger partial charge >= 0.3 is 5.97 Å². The van der Waals surface area contributed by atoms with Gasteiger partial charge in [0.25, 0.3) is 5.78 Å². The quantitative estimate of drug-likeness (QED) is 0.716. The third-order valence-electron chi connectivity index (χ3n) is 1.88. The zero-order chi connectivity index (χ0) is 11.4. The molecule has 0 bridgehead atoms. The van der Waals surface area contributed by atoms with Crippen LogP contribution in [0.4, 0.5) is 0 Å². The van der Waals surface area contributed by atoms with Crippen molar-refractivity contribution in [3.63, 3.8) is 0 Å². The summed E-state index contributed by atoms with van der Waals surface area (Å²) in [4.78, 5) is 21.6. The van der Waals surface area contributed by atoms with Gasteiger partial charge in [-0.15, -0.1) is 0 Å². The number of ketones is 1. The maximum Gasteiger partial charge on any atom is 0.375 e. The van der Waals surface area contributed by atoms with Crippen LogP contribution in [-0.4, -0.2) is 29.1 Å². The van der Waals surface area contributed by atoms with Gasteiger partial charge in [0.1, 0.15) is 5.75 Å². The summed E-state index contributed by atoms with van der Waals surface area (Å²) < 4.78 is 4.79. The van der Waals surface area contributed by atoms with E-state index in [0.717, 1.165) is 0 Å². The van der Waals surface area contributed by atoms with Gasteiger partial charge in [-0.3, -0.25) is 4.79 Å². The number of rotatable bonds is 4. The van der Waals surface area contributed by atoms with Crippen molar-refractivity contribution in [1.29, 1.82) is 0 Å². The third-order valence-corrected chi connectivity index (χ3v) is 1.88. The van der Waals surface area contributed by atoms with E-state index in [4.69, 9.17) is 14.9 Å². The molecule has 5 nitrogen and oxygen atoms in total. The average Bonchev–Trinajstić information content (AvgIpc) is 2.21. The van der Waals surface area contributed by atoms with E-state index in [1.807, 2.05) is 0 Å². The fraction of sp³-hybridized carbons (Fsp3) is 0.200. The average molecular weight is 210 g/mol. The highest BCUT2D eigenvalue weighted by molar-refractivity contribution is 6.34. The Labute approximate surface area is 85.9 Å². The molecule has 1 rings (SSSR count). The molecule has 0 amide bonds. The van der Waals surface area contributed by atoms with E-state index >= 15 is 0 Å². The molecular formula is C10H10O5. The molecule has 2 N–H and O–H groups in total. The summed E-state index contributed by atoms with van der Waals surface area (Å²) in [5.74, 6) is -2.55. The molecule has 0 aliphatic heterocycles. The number of hydrogen-bond acceptors (Lipinski definition) is 4. The minimum atomic E-state index is -1.55. The minimum absolute atomic E-state index is 0.0383. The summed E-state index contributed by atoms with van der Waals surface area (Å²) in [5.41, 5.74) is 0.391. The number of benzene rings is 1. The molecule has 0 saturated carbocycles. The van der Waals surface area contributed by atoms with Crippen molar-refractivity contribution in [1.82, 2.24) is 0 Å². The standard InChI is InChI=1S/C10H10O5/c1-15-9(8(12)10(13)14)6-2-4-7(11)5-3-6/h2-5,9,11H,1H3,(H,13,14). The Bertz CT molecular complexity index is 368. The number of carbonyl (C=O) groups excluding carboxylic acids is 1. The number of carboxylic acids is 1. The molecule has 80 valence electrons. The van der Waals surface area contributed by atoms with Crippen LogP contribution in [0.15, 0.2) is 24.3 Å². The Morgan fingerprint density at radius 1 is 1.27 bits per heavy atom. The second-order valence-corrected chi connectivity index (χ2v) is 2.88. The number of hydrogen-bond donors (Lipinski definition) is 2. The maximum atomic E-state index is 11.2. The fourth-order valence-electron chi connectivity index (χ4n) is 1.16. The van der Waals surface area contributed by atoms with Crippen LogP contribution in [0.3, 0.4) is 0 Å². The summed E-state index contributed by atoms with van der Waals surface area (Å²) in [5, 5.41) is 17.5. The zero-order valence-electron chi connectivity index (χ0n) is 8.01. The van der Waals surface area contributed by atoms with Crippen LogP contribution >= 0.6 is 0 Å². The van der Waals surface area contributed by atoms with Gasteiger partial charge < -0.3 is 14.9 Å². The lowest BCUT2D eigenvalue weighted by Crippen LogP contribution is -2.22. The lowest BCUT2D eigenvalue weighted by Gasteiger charge is -2.11. The summed E-state index contributed by atoms with van der Waals surface area (Å²) in [7, 11) is 1.25. The van der Waals surface area contributed by atoms with Crippen LogP contribution in [-0.2, 0) is 14.3 Å². The second-order valence-electron chi connectivity index (χ2n) is 2.88. The van der Waals surface area contributed by atoms with Crippen molar-refractivity contribution in [3.8, 4) is 5.75 Å². The van der Waals surface area contributed by atoms with Crippen molar-refractivity contribution in [2.45, 2.75) is 6.10 Å². The lowest BCUT2D eigenvalue weighted by atomic mass is 10.1. The zero-order valence-corrected chi connectivity index (χ0v) is 8.01. The molecule has 1 unspecified atom stereocenters. The predicted octanol–water partition coefficient (Wildman–Crippen LogP) is 0.733. The number of aromatic hydroxyl groups is 1. The van der Waals surface area contributed by atoms with Crippen molar-refractivity contribution in [3.05, 3.63) is 29.8 Å². The van der Waals surface area contributed by atoms with E-state index in [0.29, 0.717) is 5.56 Å². The fourth-order valence-corrected chi connectivity index (χ4v) is 1.16. The number of carboxylic acid groups (broad SMARTS) is 1. The van der Waals surface area contributed by atoms with Crippen LogP contribution in [0.1, 0.15) is 11.7 Å². The number of aliphatic carboxylic acids is 1.